The van der Waals surface area contributed by atoms with E-state index >= 15 is 0 Å². The Bertz CT molecular complexity index is 145. The Morgan fingerprint density at radius 2 is 2.10 bits per heavy atom. The molecule has 0 bridgehead atoms. The Morgan fingerprint density at radius 3 is 2.50 bits per heavy atom. The molecule has 0 fully saturated rings. The summed E-state index contributed by atoms with van der Waals surface area (Å²) in [6.07, 6.45) is 1.80. The quantitative estimate of drug-likeness (QED) is 0.595. The van der Waals surface area contributed by atoms with Crippen LogP contribution in [0.3, 0.4) is 0 Å². The van der Waals surface area contributed by atoms with Gasteiger partial charge >= 0.3 is 0 Å². The molecule has 0 rings (SSSR count). The summed E-state index contributed by atoms with van der Waals surface area (Å²) in [5.74, 6) is 0. The van der Waals surface area contributed by atoms with Gasteiger partial charge in [0, 0.05) is 18.5 Å². The lowest BCUT2D eigenvalue weighted by Crippen LogP contribution is -2.10. The smallest absolute Gasteiger partial charge is 0.0554 e. The van der Waals surface area contributed by atoms with Crippen LogP contribution in [-0.4, -0.2) is 12.8 Å². The molecule has 0 unspecified atom stereocenters. The first-order valence-electron chi connectivity index (χ1n) is 3.62. The van der Waals surface area contributed by atoms with Crippen molar-refractivity contribution in [2.24, 2.45) is 4.99 Å². The van der Waals surface area contributed by atoms with E-state index in [0.717, 1.165) is 17.9 Å². The van der Waals surface area contributed by atoms with Crippen molar-refractivity contribution in [1.29, 1.82) is 0 Å². The van der Waals surface area contributed by atoms with Gasteiger partial charge in [0.15, 0.2) is 0 Å². The Balaban J connectivity index is 4.04. The van der Waals surface area contributed by atoms with Crippen LogP contribution in [0.15, 0.2) is 16.4 Å². The molecule has 0 radical (unpaired) electrons. The van der Waals surface area contributed by atoms with Gasteiger partial charge in [-0.3, -0.25) is 4.99 Å². The van der Waals surface area contributed by atoms with Crippen LogP contribution >= 0.6 is 0 Å². The fraction of sp³-hybridized carbons (Fsp3) is 0.625. The first-order valence-corrected chi connectivity index (χ1v) is 3.62. The molecule has 1 N–H and O–H groups in total. The number of rotatable bonds is 3. The fourth-order valence-electron chi connectivity index (χ4n) is 0.684. The highest BCUT2D eigenvalue weighted by Gasteiger charge is 1.89. The standard InChI is InChI=1S/C8H16N2/c1-5-9-7(3)8(4)10-6-2/h5,10H,6H2,1-4H3/b8-7-,9-5-. The molecule has 0 saturated carbocycles. The predicted molar refractivity (Wildman–Crippen MR) is 46.2 cm³/mol. The van der Waals surface area contributed by atoms with E-state index in [1.54, 1.807) is 6.21 Å². The minimum Gasteiger partial charge on any atom is -0.387 e. The van der Waals surface area contributed by atoms with Gasteiger partial charge in [-0.05, 0) is 27.7 Å². The molecule has 2 heteroatoms. The average Bonchev–Trinajstić information content (AvgIpc) is 1.89. The molecular formula is C8H16N2. The summed E-state index contributed by atoms with van der Waals surface area (Å²) >= 11 is 0. The van der Waals surface area contributed by atoms with Crippen LogP contribution < -0.4 is 5.32 Å². The van der Waals surface area contributed by atoms with E-state index in [0.29, 0.717) is 0 Å². The van der Waals surface area contributed by atoms with Crippen molar-refractivity contribution in [2.75, 3.05) is 6.54 Å². The van der Waals surface area contributed by atoms with Crippen molar-refractivity contribution in [3.05, 3.63) is 11.4 Å². The number of nitrogens with one attached hydrogen (secondary N) is 1. The molecule has 0 amide bonds. The number of nitrogens with zero attached hydrogens (tertiary/aromatic N) is 1. The molecule has 0 aliphatic carbocycles. The second kappa shape index (κ2) is 5.03. The van der Waals surface area contributed by atoms with Gasteiger partial charge in [0.2, 0.25) is 0 Å². The van der Waals surface area contributed by atoms with Crippen LogP contribution in [0.25, 0.3) is 0 Å². The Kier molecular flexibility index (Phi) is 4.63. The van der Waals surface area contributed by atoms with E-state index in [-0.39, 0.29) is 0 Å². The monoisotopic (exact) mass is 140 g/mol. The van der Waals surface area contributed by atoms with Crippen LogP contribution in [0.5, 0.6) is 0 Å². The summed E-state index contributed by atoms with van der Waals surface area (Å²) in [6, 6.07) is 0. The lowest BCUT2D eigenvalue weighted by atomic mass is 10.4. The zero-order chi connectivity index (χ0) is 7.98. The molecule has 0 atom stereocenters. The van der Waals surface area contributed by atoms with Crippen LogP contribution in [-0.2, 0) is 0 Å². The first kappa shape index (κ1) is 9.21. The lowest BCUT2D eigenvalue weighted by molar-refractivity contribution is 0.835. The molecule has 0 aliphatic rings. The second-order valence-electron chi connectivity index (χ2n) is 2.13. The van der Waals surface area contributed by atoms with Gasteiger partial charge < -0.3 is 5.32 Å². The van der Waals surface area contributed by atoms with E-state index < -0.39 is 0 Å². The van der Waals surface area contributed by atoms with Gasteiger partial charge in [0.1, 0.15) is 0 Å². The van der Waals surface area contributed by atoms with Crippen LogP contribution in [0.1, 0.15) is 27.7 Å². The summed E-state index contributed by atoms with van der Waals surface area (Å²) in [6.45, 7) is 8.99. The summed E-state index contributed by atoms with van der Waals surface area (Å²) < 4.78 is 0. The third-order valence-corrected chi connectivity index (χ3v) is 1.31. The molecular weight excluding hydrogens is 124 g/mol. The van der Waals surface area contributed by atoms with Crippen molar-refractivity contribution in [2.45, 2.75) is 27.7 Å². The lowest BCUT2D eigenvalue weighted by Gasteiger charge is -2.03. The maximum atomic E-state index is 4.14. The normalized spacial score (nSPS) is 13.6. The minimum atomic E-state index is 0.961. The third kappa shape index (κ3) is 3.28. The van der Waals surface area contributed by atoms with Crippen LogP contribution in [0.2, 0.25) is 0 Å². The van der Waals surface area contributed by atoms with Gasteiger partial charge in [-0.1, -0.05) is 0 Å². The number of aliphatic imine (C=N–C) groups is 1. The predicted octanol–water partition coefficient (Wildman–Crippen LogP) is 1.94. The molecule has 2 nitrogen and oxygen atoms in total. The molecule has 0 saturated heterocycles. The molecule has 0 aliphatic heterocycles. The SMILES string of the molecule is C/C=N\C(C)=C(\C)NCC. The fourth-order valence-corrected chi connectivity index (χ4v) is 0.684. The minimum absolute atomic E-state index is 0.961. The second-order valence-corrected chi connectivity index (χ2v) is 2.13. The summed E-state index contributed by atoms with van der Waals surface area (Å²) in [4.78, 5) is 4.14. The van der Waals surface area contributed by atoms with Gasteiger partial charge in [-0.2, -0.15) is 0 Å². The highest BCUT2D eigenvalue weighted by molar-refractivity contribution is 5.55. The van der Waals surface area contributed by atoms with E-state index in [4.69, 9.17) is 0 Å². The van der Waals surface area contributed by atoms with Crippen molar-refractivity contribution >= 4 is 6.21 Å². The number of hydrogen-bond donors (Lipinski definition) is 1. The van der Waals surface area contributed by atoms with Gasteiger partial charge in [0.05, 0.1) is 5.70 Å². The highest BCUT2D eigenvalue weighted by atomic mass is 14.9. The Hall–Kier alpha value is -0.790. The topological polar surface area (TPSA) is 24.4 Å². The molecule has 58 valence electrons. The van der Waals surface area contributed by atoms with E-state index in [2.05, 4.69) is 17.2 Å². The molecule has 0 spiro atoms. The van der Waals surface area contributed by atoms with E-state index in [1.165, 1.54) is 0 Å². The first-order chi connectivity index (χ1) is 4.72. The molecule has 0 aromatic heterocycles. The van der Waals surface area contributed by atoms with Crippen molar-refractivity contribution in [3.63, 3.8) is 0 Å². The van der Waals surface area contributed by atoms with E-state index in [1.807, 2.05) is 20.8 Å². The largest absolute Gasteiger partial charge is 0.387 e. The summed E-state index contributed by atoms with van der Waals surface area (Å²) in [7, 11) is 0. The van der Waals surface area contributed by atoms with Crippen molar-refractivity contribution in [1.82, 2.24) is 5.32 Å². The molecule has 0 heterocycles. The number of hydrogen-bond acceptors (Lipinski definition) is 2. The average molecular weight is 140 g/mol. The van der Waals surface area contributed by atoms with Gasteiger partial charge in [0.25, 0.3) is 0 Å². The van der Waals surface area contributed by atoms with Crippen molar-refractivity contribution < 1.29 is 0 Å². The van der Waals surface area contributed by atoms with Gasteiger partial charge in [-0.25, -0.2) is 0 Å². The zero-order valence-corrected chi connectivity index (χ0v) is 7.23. The van der Waals surface area contributed by atoms with Crippen LogP contribution in [0.4, 0.5) is 0 Å². The zero-order valence-electron chi connectivity index (χ0n) is 7.23. The van der Waals surface area contributed by atoms with Crippen LogP contribution in [0, 0.1) is 0 Å². The van der Waals surface area contributed by atoms with Crippen molar-refractivity contribution in [3.8, 4) is 0 Å². The molecule has 10 heavy (non-hydrogen) atoms. The summed E-state index contributed by atoms with van der Waals surface area (Å²) in [5.41, 5.74) is 2.21. The highest BCUT2D eigenvalue weighted by Crippen LogP contribution is 1.99. The van der Waals surface area contributed by atoms with E-state index in [9.17, 15) is 0 Å². The maximum Gasteiger partial charge on any atom is 0.0554 e. The maximum absolute atomic E-state index is 4.14. The Morgan fingerprint density at radius 1 is 1.50 bits per heavy atom. The molecule has 0 aromatic carbocycles. The molecule has 0 aromatic rings. The number of allylic oxidation sites excluding steroid dienone is 2. The summed E-state index contributed by atoms with van der Waals surface area (Å²) in [5, 5.41) is 3.20. The Labute approximate surface area is 63.0 Å². The van der Waals surface area contributed by atoms with Gasteiger partial charge in [-0.15, -0.1) is 0 Å². The third-order valence-electron chi connectivity index (χ3n) is 1.31.